The third-order valence-corrected chi connectivity index (χ3v) is 5.33. The topological polar surface area (TPSA) is 63.6 Å². The molecule has 0 saturated heterocycles. The molecule has 1 unspecified atom stereocenters. The van der Waals surface area contributed by atoms with Gasteiger partial charge in [0, 0.05) is 27.1 Å². The second-order valence-electron chi connectivity index (χ2n) is 7.36. The van der Waals surface area contributed by atoms with Gasteiger partial charge in [-0.05, 0) is 6.42 Å². The molecule has 164 valence electrons. The van der Waals surface area contributed by atoms with Crippen molar-refractivity contribution in [3.05, 3.63) is 12.2 Å². The minimum atomic E-state index is -6.57. The summed E-state index contributed by atoms with van der Waals surface area (Å²) in [5.74, 6) is -27.9. The molecule has 0 heterocycles. The fraction of sp³-hybridized carbons (Fsp3) is 0.733. The molecule has 13 heteroatoms. The maximum Gasteiger partial charge on any atom is 0.381 e. The maximum absolute atomic E-state index is 14.3. The Morgan fingerprint density at radius 1 is 0.964 bits per heavy atom. The molecule has 0 aliphatic rings. The summed E-state index contributed by atoms with van der Waals surface area (Å²) in [7, 11) is -2.25. The molecule has 1 atom stereocenters. The summed E-state index contributed by atoms with van der Waals surface area (Å²) in [6.07, 6.45) is -3.96. The van der Waals surface area contributed by atoms with Crippen molar-refractivity contribution >= 4 is 20.0 Å². The van der Waals surface area contributed by atoms with Crippen molar-refractivity contribution in [2.45, 2.75) is 68.8 Å². The number of rotatable bonds is 10. The number of hydrogen-bond acceptors (Lipinski definition) is 3. The predicted molar refractivity (Wildman–Crippen MR) is 84.9 cm³/mol. The van der Waals surface area contributed by atoms with E-state index >= 15 is 0 Å². The molecule has 0 aliphatic heterocycles. The van der Waals surface area contributed by atoms with Crippen LogP contribution in [0.2, 0.25) is 25.7 Å². The van der Waals surface area contributed by atoms with Gasteiger partial charge in [0.2, 0.25) is 0 Å². The first-order chi connectivity index (χ1) is 12.2. The lowest BCUT2D eigenvalue weighted by Gasteiger charge is -2.38. The Bertz CT molecular complexity index is 608. The number of ether oxygens (including phenoxy) is 1. The SMILES string of the molecule is CC(F)(F)C(F)(F)C(F)(F)C(F)(F)C(CC[Si](C)(C)C)OC(=O)/C=C/C(=O)O. The third-order valence-electron chi connectivity index (χ3n) is 3.55. The number of carboxylic acids is 1. The van der Waals surface area contributed by atoms with Gasteiger partial charge in [0.15, 0.2) is 6.10 Å². The zero-order chi connectivity index (χ0) is 22.8. The van der Waals surface area contributed by atoms with Crippen LogP contribution in [0.1, 0.15) is 13.3 Å². The van der Waals surface area contributed by atoms with Crippen LogP contribution in [-0.2, 0) is 14.3 Å². The highest BCUT2D eigenvalue weighted by Gasteiger charge is 2.81. The molecular weight excluding hydrogens is 424 g/mol. The highest BCUT2D eigenvalue weighted by Crippen LogP contribution is 2.54. The summed E-state index contributed by atoms with van der Waals surface area (Å²) in [6.45, 7) is 4.19. The van der Waals surface area contributed by atoms with Crippen LogP contribution < -0.4 is 0 Å². The van der Waals surface area contributed by atoms with Crippen molar-refractivity contribution in [2.24, 2.45) is 0 Å². The van der Waals surface area contributed by atoms with Crippen LogP contribution in [0.25, 0.3) is 0 Å². The molecule has 0 radical (unpaired) electrons. The van der Waals surface area contributed by atoms with E-state index < -0.39 is 63.2 Å². The van der Waals surface area contributed by atoms with Crippen LogP contribution in [0.4, 0.5) is 35.1 Å². The minimum absolute atomic E-state index is 0.102. The predicted octanol–water partition coefficient (Wildman–Crippen LogP) is 4.83. The van der Waals surface area contributed by atoms with Gasteiger partial charge in [-0.15, -0.1) is 0 Å². The van der Waals surface area contributed by atoms with E-state index in [0.29, 0.717) is 0 Å². The van der Waals surface area contributed by atoms with E-state index in [2.05, 4.69) is 4.74 Å². The molecular formula is C15H20F8O4Si. The van der Waals surface area contributed by atoms with Crippen LogP contribution in [0.15, 0.2) is 12.2 Å². The van der Waals surface area contributed by atoms with Crippen molar-refractivity contribution in [1.29, 1.82) is 0 Å². The average molecular weight is 444 g/mol. The van der Waals surface area contributed by atoms with E-state index in [1.807, 2.05) is 0 Å². The fourth-order valence-electron chi connectivity index (χ4n) is 1.88. The highest BCUT2D eigenvalue weighted by atomic mass is 28.3. The first-order valence-electron chi connectivity index (χ1n) is 7.79. The van der Waals surface area contributed by atoms with E-state index in [1.54, 1.807) is 19.6 Å². The van der Waals surface area contributed by atoms with E-state index in [1.165, 1.54) is 0 Å². The Morgan fingerprint density at radius 3 is 1.79 bits per heavy atom. The van der Waals surface area contributed by atoms with E-state index in [9.17, 15) is 44.7 Å². The molecule has 1 N–H and O–H groups in total. The Kier molecular flexibility index (Phi) is 7.88. The molecule has 0 saturated carbocycles. The summed E-state index contributed by atoms with van der Waals surface area (Å²) in [4.78, 5) is 21.7. The van der Waals surface area contributed by atoms with Gasteiger partial charge in [-0.2, -0.15) is 35.1 Å². The van der Waals surface area contributed by atoms with Crippen molar-refractivity contribution in [3.8, 4) is 0 Å². The van der Waals surface area contributed by atoms with Crippen molar-refractivity contribution in [2.75, 3.05) is 0 Å². The zero-order valence-electron chi connectivity index (χ0n) is 15.3. The molecule has 0 spiro atoms. The van der Waals surface area contributed by atoms with Gasteiger partial charge in [0.05, 0.1) is 0 Å². The normalized spacial score (nSPS) is 15.6. The van der Waals surface area contributed by atoms with E-state index in [0.717, 1.165) is 0 Å². The van der Waals surface area contributed by atoms with Crippen LogP contribution in [-0.4, -0.2) is 54.9 Å². The number of hydrogen-bond donors (Lipinski definition) is 1. The summed E-state index contributed by atoms with van der Waals surface area (Å²) in [5.41, 5.74) is 0. The molecule has 0 aromatic heterocycles. The number of halogens is 8. The lowest BCUT2D eigenvalue weighted by Crippen LogP contribution is -2.65. The fourth-order valence-corrected chi connectivity index (χ4v) is 3.01. The zero-order valence-corrected chi connectivity index (χ0v) is 16.3. The standard InChI is InChI=1S/C15H20F8O4Si/c1-12(16,17)14(20,21)15(22,23)13(18,19)9(7-8-28(2,3)4)27-11(26)6-5-10(24)25/h5-6,9H,7-8H2,1-4H3,(H,24,25)/b6-5+. The van der Waals surface area contributed by atoms with Crippen molar-refractivity contribution in [3.63, 3.8) is 0 Å². The minimum Gasteiger partial charge on any atom is -0.478 e. The first kappa shape index (κ1) is 26.3. The third kappa shape index (κ3) is 6.17. The van der Waals surface area contributed by atoms with Crippen molar-refractivity contribution < 1.29 is 54.6 Å². The molecule has 0 aromatic rings. The van der Waals surface area contributed by atoms with Gasteiger partial charge in [-0.1, -0.05) is 25.7 Å². The Labute approximate surface area is 156 Å². The first-order valence-corrected chi connectivity index (χ1v) is 11.5. The number of esters is 1. The van der Waals surface area contributed by atoms with Crippen LogP contribution >= 0.6 is 0 Å². The maximum atomic E-state index is 14.3. The van der Waals surface area contributed by atoms with Gasteiger partial charge in [-0.3, -0.25) is 0 Å². The molecule has 0 fully saturated rings. The van der Waals surface area contributed by atoms with Crippen LogP contribution in [0.3, 0.4) is 0 Å². The van der Waals surface area contributed by atoms with Crippen molar-refractivity contribution in [1.82, 2.24) is 0 Å². The number of aliphatic carboxylic acids is 1. The van der Waals surface area contributed by atoms with Gasteiger partial charge in [-0.25, -0.2) is 9.59 Å². The number of carbonyl (C=O) groups excluding carboxylic acids is 1. The second kappa shape index (κ2) is 8.37. The lowest BCUT2D eigenvalue weighted by molar-refractivity contribution is -0.376. The quantitative estimate of drug-likeness (QED) is 0.227. The largest absolute Gasteiger partial charge is 0.478 e. The van der Waals surface area contributed by atoms with E-state index in [-0.39, 0.29) is 18.2 Å². The van der Waals surface area contributed by atoms with Gasteiger partial charge in [0.25, 0.3) is 0 Å². The van der Waals surface area contributed by atoms with Crippen LogP contribution in [0.5, 0.6) is 0 Å². The van der Waals surface area contributed by atoms with E-state index in [4.69, 9.17) is 5.11 Å². The molecule has 0 rings (SSSR count). The molecule has 0 aliphatic carbocycles. The lowest BCUT2D eigenvalue weighted by atomic mass is 9.94. The number of carboxylic acid groups (broad SMARTS) is 1. The number of alkyl halides is 8. The summed E-state index contributed by atoms with van der Waals surface area (Å²) >= 11 is 0. The van der Waals surface area contributed by atoms with Gasteiger partial charge >= 0.3 is 35.6 Å². The average Bonchev–Trinajstić information content (AvgIpc) is 2.46. The summed E-state index contributed by atoms with van der Waals surface area (Å²) < 4.78 is 113. The Balaban J connectivity index is 6.01. The molecule has 28 heavy (non-hydrogen) atoms. The molecule has 0 amide bonds. The molecule has 0 bridgehead atoms. The highest BCUT2D eigenvalue weighted by molar-refractivity contribution is 6.76. The molecule has 0 aromatic carbocycles. The van der Waals surface area contributed by atoms with Gasteiger partial charge < -0.3 is 9.84 Å². The summed E-state index contributed by atoms with van der Waals surface area (Å²) in [5, 5.41) is 8.35. The van der Waals surface area contributed by atoms with Gasteiger partial charge in [0.1, 0.15) is 0 Å². The number of carbonyl (C=O) groups is 2. The Hall–Kier alpha value is -1.66. The summed E-state index contributed by atoms with van der Waals surface area (Å²) in [6, 6.07) is -0.201. The second-order valence-corrected chi connectivity index (χ2v) is 13.0. The van der Waals surface area contributed by atoms with Crippen LogP contribution in [0, 0.1) is 0 Å². The molecule has 4 nitrogen and oxygen atoms in total. The smallest absolute Gasteiger partial charge is 0.381 e. The monoisotopic (exact) mass is 444 g/mol. The Morgan fingerprint density at radius 2 is 1.43 bits per heavy atom.